The smallest absolute Gasteiger partial charge is 0.334 e. The van der Waals surface area contributed by atoms with Crippen molar-refractivity contribution in [3.63, 3.8) is 0 Å². The average molecular weight is 318 g/mol. The number of hydrogen-bond donors (Lipinski definition) is 0. The average Bonchev–Trinajstić information content (AvgIpc) is 2.62. The molecule has 2 rings (SSSR count). The van der Waals surface area contributed by atoms with E-state index in [1.165, 1.54) is 6.92 Å². The van der Waals surface area contributed by atoms with Crippen LogP contribution >= 0.6 is 0 Å². The van der Waals surface area contributed by atoms with Gasteiger partial charge in [-0.3, -0.25) is 4.79 Å². The zero-order valence-corrected chi connectivity index (χ0v) is 14.6. The van der Waals surface area contributed by atoms with Gasteiger partial charge in [0, 0.05) is 23.5 Å². The first-order valence-electron chi connectivity index (χ1n) is 8.30. The van der Waals surface area contributed by atoms with E-state index in [1.807, 2.05) is 6.08 Å². The van der Waals surface area contributed by atoms with E-state index in [0.717, 1.165) is 12.0 Å². The van der Waals surface area contributed by atoms with Crippen molar-refractivity contribution in [3.05, 3.63) is 35.1 Å². The van der Waals surface area contributed by atoms with Crippen molar-refractivity contribution in [1.82, 2.24) is 0 Å². The molecule has 0 N–H and O–H groups in total. The third kappa shape index (κ3) is 3.26. The molecule has 0 amide bonds. The fraction of sp³-hybridized carbons (Fsp3) is 0.579. The molecule has 0 heterocycles. The van der Waals surface area contributed by atoms with Gasteiger partial charge < -0.3 is 9.47 Å². The maximum atomic E-state index is 12.5. The lowest BCUT2D eigenvalue weighted by molar-refractivity contribution is -0.139. The molecular formula is C19H26O4. The largest absolute Gasteiger partial charge is 0.463 e. The molecular weight excluding hydrogens is 292 g/mol. The summed E-state index contributed by atoms with van der Waals surface area (Å²) in [6.45, 7) is 9.91. The van der Waals surface area contributed by atoms with E-state index in [1.54, 1.807) is 6.92 Å². The maximum Gasteiger partial charge on any atom is 0.334 e. The van der Waals surface area contributed by atoms with E-state index in [0.29, 0.717) is 30.3 Å². The van der Waals surface area contributed by atoms with E-state index in [-0.39, 0.29) is 23.3 Å². The zero-order chi connectivity index (χ0) is 17.2. The van der Waals surface area contributed by atoms with Crippen molar-refractivity contribution in [2.24, 2.45) is 17.3 Å². The van der Waals surface area contributed by atoms with Gasteiger partial charge >= 0.3 is 11.9 Å². The Bertz CT molecular complexity index is 594. The molecule has 0 bridgehead atoms. The first-order valence-corrected chi connectivity index (χ1v) is 8.30. The molecule has 4 heteroatoms. The Kier molecular flexibility index (Phi) is 5.12. The van der Waals surface area contributed by atoms with Crippen LogP contribution in [0.5, 0.6) is 0 Å². The zero-order valence-electron chi connectivity index (χ0n) is 14.6. The third-order valence-electron chi connectivity index (χ3n) is 4.63. The summed E-state index contributed by atoms with van der Waals surface area (Å²) in [5.41, 5.74) is 1.10. The molecule has 0 fully saturated rings. The highest BCUT2D eigenvalue weighted by Gasteiger charge is 2.47. The van der Waals surface area contributed by atoms with Crippen LogP contribution in [0.15, 0.2) is 35.1 Å². The van der Waals surface area contributed by atoms with Crippen LogP contribution in [0.2, 0.25) is 0 Å². The Labute approximate surface area is 138 Å². The quantitative estimate of drug-likeness (QED) is 0.582. The van der Waals surface area contributed by atoms with Gasteiger partial charge in [0.25, 0.3) is 0 Å². The molecule has 23 heavy (non-hydrogen) atoms. The minimum absolute atomic E-state index is 0.172. The van der Waals surface area contributed by atoms with Gasteiger partial charge in [-0.2, -0.15) is 0 Å². The summed E-state index contributed by atoms with van der Waals surface area (Å²) in [4.78, 5) is 24.0. The lowest BCUT2D eigenvalue weighted by Gasteiger charge is -2.33. The van der Waals surface area contributed by atoms with Crippen molar-refractivity contribution in [2.75, 3.05) is 6.61 Å². The molecule has 0 saturated heterocycles. The van der Waals surface area contributed by atoms with Crippen LogP contribution in [0.4, 0.5) is 0 Å². The first kappa shape index (κ1) is 17.5. The van der Waals surface area contributed by atoms with Crippen molar-refractivity contribution in [2.45, 2.75) is 47.5 Å². The molecule has 0 aromatic heterocycles. The second kappa shape index (κ2) is 6.73. The molecule has 0 saturated carbocycles. The second-order valence-corrected chi connectivity index (χ2v) is 6.69. The maximum absolute atomic E-state index is 12.5. The second-order valence-electron chi connectivity index (χ2n) is 6.69. The number of ether oxygens (including phenoxy) is 2. The Morgan fingerprint density at radius 2 is 2.09 bits per heavy atom. The molecule has 126 valence electrons. The van der Waals surface area contributed by atoms with Crippen LogP contribution in [-0.2, 0) is 19.1 Å². The summed E-state index contributed by atoms with van der Waals surface area (Å²) < 4.78 is 10.7. The monoisotopic (exact) mass is 318 g/mol. The van der Waals surface area contributed by atoms with Crippen molar-refractivity contribution in [1.29, 1.82) is 0 Å². The summed E-state index contributed by atoms with van der Waals surface area (Å²) in [7, 11) is 0. The van der Waals surface area contributed by atoms with Crippen LogP contribution in [0.25, 0.3) is 0 Å². The standard InChI is InChI=1S/C19H26O4/c1-6-22-18(21)14-9-7-8-10-19(5)15(12(2)3)11-16(17(14)19)23-13(4)20/h8,10-12,15H,6-7,9H2,1-5H3/t15-,19+/m0/s1. The molecule has 0 aromatic carbocycles. The SMILES string of the molecule is CCOC(=O)C1=C2C(OC(C)=O)=C[C@@H](C(C)C)[C@@]2(C)C=CCC1. The number of carbonyl (C=O) groups is 2. The fourth-order valence-electron chi connectivity index (χ4n) is 3.75. The number of hydrogen-bond acceptors (Lipinski definition) is 4. The van der Waals surface area contributed by atoms with Gasteiger partial charge in [0.15, 0.2) is 0 Å². The van der Waals surface area contributed by atoms with Crippen LogP contribution in [-0.4, -0.2) is 18.5 Å². The molecule has 0 unspecified atom stereocenters. The summed E-state index contributed by atoms with van der Waals surface area (Å²) >= 11 is 0. The first-order chi connectivity index (χ1) is 10.8. The van der Waals surface area contributed by atoms with E-state index >= 15 is 0 Å². The van der Waals surface area contributed by atoms with Crippen LogP contribution in [0.1, 0.15) is 47.5 Å². The minimum atomic E-state index is -0.369. The van der Waals surface area contributed by atoms with E-state index in [2.05, 4.69) is 32.9 Å². The minimum Gasteiger partial charge on any atom is -0.463 e. The van der Waals surface area contributed by atoms with Crippen LogP contribution in [0, 0.1) is 17.3 Å². The van der Waals surface area contributed by atoms with Gasteiger partial charge in [0.1, 0.15) is 5.76 Å². The van der Waals surface area contributed by atoms with Crippen molar-refractivity contribution >= 4 is 11.9 Å². The van der Waals surface area contributed by atoms with Crippen LogP contribution in [0.3, 0.4) is 0 Å². The van der Waals surface area contributed by atoms with Gasteiger partial charge in [-0.1, -0.05) is 32.9 Å². The summed E-state index contributed by atoms with van der Waals surface area (Å²) in [6, 6.07) is 0. The Morgan fingerprint density at radius 1 is 1.39 bits per heavy atom. The Hall–Kier alpha value is -1.84. The number of esters is 2. The fourth-order valence-corrected chi connectivity index (χ4v) is 3.75. The summed E-state index contributed by atoms with van der Waals surface area (Å²) in [5.74, 6) is 0.375. The highest BCUT2D eigenvalue weighted by molar-refractivity contribution is 5.91. The van der Waals surface area contributed by atoms with Gasteiger partial charge in [-0.05, 0) is 37.7 Å². The predicted octanol–water partition coefficient (Wildman–Crippen LogP) is 3.94. The number of allylic oxidation sites excluding steroid dienone is 4. The third-order valence-corrected chi connectivity index (χ3v) is 4.63. The molecule has 4 nitrogen and oxygen atoms in total. The molecule has 0 aliphatic heterocycles. The highest BCUT2D eigenvalue weighted by atomic mass is 16.5. The van der Waals surface area contributed by atoms with E-state index in [4.69, 9.17) is 9.47 Å². The molecule has 2 aliphatic carbocycles. The van der Waals surface area contributed by atoms with Crippen molar-refractivity contribution < 1.29 is 19.1 Å². The van der Waals surface area contributed by atoms with E-state index < -0.39 is 0 Å². The normalized spacial score (nSPS) is 26.7. The van der Waals surface area contributed by atoms with E-state index in [9.17, 15) is 9.59 Å². The number of carbonyl (C=O) groups excluding carboxylic acids is 2. The topological polar surface area (TPSA) is 52.6 Å². The van der Waals surface area contributed by atoms with Gasteiger partial charge in [-0.15, -0.1) is 0 Å². The Balaban J connectivity index is 2.61. The van der Waals surface area contributed by atoms with Gasteiger partial charge in [-0.25, -0.2) is 4.79 Å². The molecule has 2 aliphatic rings. The molecule has 0 aromatic rings. The highest BCUT2D eigenvalue weighted by Crippen LogP contribution is 2.53. The molecule has 0 radical (unpaired) electrons. The van der Waals surface area contributed by atoms with Crippen molar-refractivity contribution in [3.8, 4) is 0 Å². The molecule has 2 atom stereocenters. The summed E-state index contributed by atoms with van der Waals surface area (Å²) in [6.07, 6.45) is 7.66. The summed E-state index contributed by atoms with van der Waals surface area (Å²) in [5, 5.41) is 0. The number of rotatable bonds is 4. The predicted molar refractivity (Wildman–Crippen MR) is 88.3 cm³/mol. The van der Waals surface area contributed by atoms with Crippen LogP contribution < -0.4 is 0 Å². The van der Waals surface area contributed by atoms with Gasteiger partial charge in [0.2, 0.25) is 0 Å². The number of fused-ring (bicyclic) bond motifs is 1. The Morgan fingerprint density at radius 3 is 2.65 bits per heavy atom. The van der Waals surface area contributed by atoms with Gasteiger partial charge in [0.05, 0.1) is 6.61 Å². The lowest BCUT2D eigenvalue weighted by Crippen LogP contribution is -2.28. The lowest BCUT2D eigenvalue weighted by atomic mass is 9.70. The molecule has 0 spiro atoms.